The molecule has 100 valence electrons. The van der Waals surface area contributed by atoms with E-state index in [0.717, 1.165) is 23.1 Å². The molecule has 0 heterocycles. The summed E-state index contributed by atoms with van der Waals surface area (Å²) in [6, 6.07) is 5.76. The number of aryl methyl sites for hydroxylation is 1. The summed E-state index contributed by atoms with van der Waals surface area (Å²) in [5.74, 6) is 0.489. The molecule has 4 heteroatoms. The number of nitrogens with one attached hydrogen (secondary N) is 1. The number of benzene rings is 1. The fourth-order valence-corrected chi connectivity index (χ4v) is 1.73. The van der Waals surface area contributed by atoms with E-state index in [4.69, 9.17) is 16.3 Å². The maximum absolute atomic E-state index is 11.9. The molecule has 0 bridgehead atoms. The third-order valence-corrected chi connectivity index (χ3v) is 2.98. The van der Waals surface area contributed by atoms with Gasteiger partial charge in [0.25, 0.3) is 5.91 Å². The second-order valence-electron chi connectivity index (χ2n) is 4.16. The predicted molar refractivity (Wildman–Crippen MR) is 74.4 cm³/mol. The summed E-state index contributed by atoms with van der Waals surface area (Å²) in [4.78, 5) is 11.9. The first-order chi connectivity index (χ1) is 8.66. The first-order valence-electron chi connectivity index (χ1n) is 6.15. The summed E-state index contributed by atoms with van der Waals surface area (Å²) < 4.78 is 5.23. The number of hydrogen-bond donors (Lipinski definition) is 1. The fourth-order valence-electron chi connectivity index (χ4n) is 1.63. The molecule has 0 saturated heterocycles. The molecule has 1 aromatic rings. The Kier molecular flexibility index (Phi) is 6.76. The van der Waals surface area contributed by atoms with E-state index in [-0.39, 0.29) is 5.91 Å². The van der Waals surface area contributed by atoms with Crippen LogP contribution in [0.25, 0.3) is 0 Å². The topological polar surface area (TPSA) is 38.3 Å². The Morgan fingerprint density at radius 1 is 1.33 bits per heavy atom. The van der Waals surface area contributed by atoms with E-state index in [1.165, 1.54) is 0 Å². The summed E-state index contributed by atoms with van der Waals surface area (Å²) in [6.45, 7) is 5.78. The summed E-state index contributed by atoms with van der Waals surface area (Å²) in [6.07, 6.45) is 0.799. The molecular formula is C14H20ClNO2. The van der Waals surface area contributed by atoms with Crippen LogP contribution < -0.4 is 5.32 Å². The van der Waals surface area contributed by atoms with Crippen molar-refractivity contribution < 1.29 is 9.53 Å². The molecule has 0 fully saturated rings. The largest absolute Gasteiger partial charge is 0.380 e. The van der Waals surface area contributed by atoms with Crippen LogP contribution in [0.1, 0.15) is 27.9 Å². The third-order valence-electron chi connectivity index (χ3n) is 2.82. The molecular weight excluding hydrogens is 250 g/mol. The Bertz CT molecular complexity index is 393. The minimum atomic E-state index is -0.0199. The molecule has 1 amide bonds. The highest BCUT2D eigenvalue weighted by molar-refractivity contribution is 6.17. The van der Waals surface area contributed by atoms with Gasteiger partial charge in [0.05, 0.1) is 6.61 Å². The van der Waals surface area contributed by atoms with Crippen LogP contribution in [-0.4, -0.2) is 31.5 Å². The second kappa shape index (κ2) is 8.11. The lowest BCUT2D eigenvalue weighted by Crippen LogP contribution is -2.26. The Hall–Kier alpha value is -1.06. The zero-order chi connectivity index (χ0) is 13.4. The maximum Gasteiger partial charge on any atom is 0.251 e. The van der Waals surface area contributed by atoms with Gasteiger partial charge >= 0.3 is 0 Å². The van der Waals surface area contributed by atoms with Gasteiger partial charge in [-0.3, -0.25) is 4.79 Å². The minimum absolute atomic E-state index is 0.0199. The predicted octanol–water partition coefficient (Wildman–Crippen LogP) is 2.68. The van der Waals surface area contributed by atoms with Crippen LogP contribution in [0.5, 0.6) is 0 Å². The standard InChI is InChI=1S/C14H20ClNO2/c1-11-5-3-6-13(12(11)2)14(17)16-8-4-9-18-10-7-15/h3,5-6H,4,7-10H2,1-2H3,(H,16,17). The third kappa shape index (κ3) is 4.67. The maximum atomic E-state index is 11.9. The molecule has 1 rings (SSSR count). The molecule has 0 aliphatic heterocycles. The molecule has 0 aliphatic rings. The summed E-state index contributed by atoms with van der Waals surface area (Å²) in [7, 11) is 0. The highest BCUT2D eigenvalue weighted by Gasteiger charge is 2.08. The van der Waals surface area contributed by atoms with Crippen molar-refractivity contribution in [3.8, 4) is 0 Å². The van der Waals surface area contributed by atoms with Crippen molar-refractivity contribution >= 4 is 17.5 Å². The van der Waals surface area contributed by atoms with Gasteiger partial charge in [-0.05, 0) is 37.5 Å². The fraction of sp³-hybridized carbons (Fsp3) is 0.500. The number of ether oxygens (including phenoxy) is 1. The summed E-state index contributed by atoms with van der Waals surface area (Å²) >= 11 is 5.48. The lowest BCUT2D eigenvalue weighted by Gasteiger charge is -2.09. The smallest absolute Gasteiger partial charge is 0.251 e. The van der Waals surface area contributed by atoms with Gasteiger partial charge in [0.15, 0.2) is 0 Å². The second-order valence-corrected chi connectivity index (χ2v) is 4.54. The first kappa shape index (κ1) is 15.0. The zero-order valence-corrected chi connectivity index (χ0v) is 11.7. The van der Waals surface area contributed by atoms with E-state index in [2.05, 4.69) is 5.32 Å². The molecule has 0 radical (unpaired) electrons. The quantitative estimate of drug-likeness (QED) is 0.611. The highest BCUT2D eigenvalue weighted by Crippen LogP contribution is 2.12. The van der Waals surface area contributed by atoms with Crippen LogP contribution in [0.15, 0.2) is 18.2 Å². The molecule has 0 unspecified atom stereocenters. The van der Waals surface area contributed by atoms with E-state index < -0.39 is 0 Å². The summed E-state index contributed by atoms with van der Waals surface area (Å²) in [5.41, 5.74) is 2.91. The van der Waals surface area contributed by atoms with Crippen LogP contribution in [0, 0.1) is 13.8 Å². The lowest BCUT2D eigenvalue weighted by atomic mass is 10.0. The number of hydrogen-bond acceptors (Lipinski definition) is 2. The molecule has 0 aliphatic carbocycles. The molecule has 1 aromatic carbocycles. The van der Waals surface area contributed by atoms with Crippen molar-refractivity contribution in [1.29, 1.82) is 0 Å². The van der Waals surface area contributed by atoms with E-state index in [1.807, 2.05) is 32.0 Å². The Labute approximate surface area is 113 Å². The monoisotopic (exact) mass is 269 g/mol. The Morgan fingerprint density at radius 3 is 2.83 bits per heavy atom. The van der Waals surface area contributed by atoms with Crippen LogP contribution in [0.4, 0.5) is 0 Å². The number of alkyl halides is 1. The van der Waals surface area contributed by atoms with Crippen molar-refractivity contribution in [1.82, 2.24) is 5.32 Å². The van der Waals surface area contributed by atoms with E-state index >= 15 is 0 Å². The van der Waals surface area contributed by atoms with Gasteiger partial charge in [0.1, 0.15) is 0 Å². The average molecular weight is 270 g/mol. The number of rotatable bonds is 7. The van der Waals surface area contributed by atoms with E-state index in [9.17, 15) is 4.79 Å². The van der Waals surface area contributed by atoms with E-state index in [0.29, 0.717) is 25.6 Å². The molecule has 0 saturated carbocycles. The van der Waals surface area contributed by atoms with E-state index in [1.54, 1.807) is 0 Å². The minimum Gasteiger partial charge on any atom is -0.380 e. The van der Waals surface area contributed by atoms with Crippen LogP contribution in [0.3, 0.4) is 0 Å². The highest BCUT2D eigenvalue weighted by atomic mass is 35.5. The van der Waals surface area contributed by atoms with Gasteiger partial charge in [0, 0.05) is 24.6 Å². The van der Waals surface area contributed by atoms with Crippen molar-refractivity contribution in [2.75, 3.05) is 25.6 Å². The Morgan fingerprint density at radius 2 is 2.11 bits per heavy atom. The molecule has 0 aromatic heterocycles. The number of carbonyl (C=O) groups is 1. The van der Waals surface area contributed by atoms with Crippen LogP contribution >= 0.6 is 11.6 Å². The van der Waals surface area contributed by atoms with Gasteiger partial charge in [-0.15, -0.1) is 11.6 Å². The van der Waals surface area contributed by atoms with Crippen molar-refractivity contribution in [3.63, 3.8) is 0 Å². The van der Waals surface area contributed by atoms with Crippen LogP contribution in [-0.2, 0) is 4.74 Å². The molecule has 18 heavy (non-hydrogen) atoms. The molecule has 0 atom stereocenters. The van der Waals surface area contributed by atoms with Gasteiger partial charge < -0.3 is 10.1 Å². The molecule has 3 nitrogen and oxygen atoms in total. The van der Waals surface area contributed by atoms with Gasteiger partial charge in [-0.25, -0.2) is 0 Å². The van der Waals surface area contributed by atoms with Crippen molar-refractivity contribution in [2.24, 2.45) is 0 Å². The van der Waals surface area contributed by atoms with Crippen molar-refractivity contribution in [2.45, 2.75) is 20.3 Å². The van der Waals surface area contributed by atoms with Gasteiger partial charge in [-0.1, -0.05) is 12.1 Å². The Balaban J connectivity index is 2.35. The number of carbonyl (C=O) groups excluding carboxylic acids is 1. The van der Waals surface area contributed by atoms with Gasteiger partial charge in [-0.2, -0.15) is 0 Å². The number of amides is 1. The SMILES string of the molecule is Cc1cccc(C(=O)NCCCOCCCl)c1C. The van der Waals surface area contributed by atoms with Gasteiger partial charge in [0.2, 0.25) is 0 Å². The molecule has 1 N–H and O–H groups in total. The normalized spacial score (nSPS) is 10.4. The van der Waals surface area contributed by atoms with Crippen molar-refractivity contribution in [3.05, 3.63) is 34.9 Å². The van der Waals surface area contributed by atoms with Crippen LogP contribution in [0.2, 0.25) is 0 Å². The zero-order valence-electron chi connectivity index (χ0n) is 11.0. The average Bonchev–Trinajstić information content (AvgIpc) is 2.36. The first-order valence-corrected chi connectivity index (χ1v) is 6.68. The summed E-state index contributed by atoms with van der Waals surface area (Å²) in [5, 5.41) is 2.89. The lowest BCUT2D eigenvalue weighted by molar-refractivity contribution is 0.0944. The molecule has 0 spiro atoms. The number of halogens is 1.